The van der Waals surface area contributed by atoms with Crippen molar-refractivity contribution in [1.29, 1.82) is 0 Å². The molecule has 1 amide bonds. The standard InChI is InChI=1S/C28H30N2O5/c1-17-9-10-20(14-26(31)32)13-23(17)29-28(33)27-18(2)11-21(12-19(27)3)34-16-22-15-30(4)24-7-5-6-8-25(24)35-22/h5-13,22H,14-16H2,1-4H3,(H,29,33)(H,31,32)/t22-/m0/s1. The topological polar surface area (TPSA) is 88.1 Å². The first kappa shape index (κ1) is 24.1. The molecule has 0 aliphatic carbocycles. The van der Waals surface area contributed by atoms with Gasteiger partial charge in [0.05, 0.1) is 18.7 Å². The third kappa shape index (κ3) is 5.57. The second kappa shape index (κ2) is 10.1. The molecule has 0 bridgehead atoms. The molecule has 1 aliphatic heterocycles. The van der Waals surface area contributed by atoms with Gasteiger partial charge in [-0.3, -0.25) is 9.59 Å². The highest BCUT2D eigenvalue weighted by Crippen LogP contribution is 2.32. The lowest BCUT2D eigenvalue weighted by molar-refractivity contribution is -0.136. The number of nitrogens with zero attached hydrogens (tertiary/aromatic N) is 1. The van der Waals surface area contributed by atoms with Gasteiger partial charge < -0.3 is 24.8 Å². The van der Waals surface area contributed by atoms with Gasteiger partial charge in [0.15, 0.2) is 0 Å². The van der Waals surface area contributed by atoms with E-state index in [0.29, 0.717) is 29.2 Å². The van der Waals surface area contributed by atoms with E-state index in [-0.39, 0.29) is 18.4 Å². The Hall–Kier alpha value is -4.00. The molecule has 3 aromatic carbocycles. The molecule has 0 saturated carbocycles. The van der Waals surface area contributed by atoms with E-state index in [4.69, 9.17) is 14.6 Å². The second-order valence-electron chi connectivity index (χ2n) is 9.01. The number of carbonyl (C=O) groups excluding carboxylic acids is 1. The number of para-hydroxylation sites is 2. The fourth-order valence-corrected chi connectivity index (χ4v) is 4.41. The molecule has 182 valence electrons. The first-order chi connectivity index (χ1) is 16.7. The van der Waals surface area contributed by atoms with E-state index < -0.39 is 5.97 Å². The van der Waals surface area contributed by atoms with Crippen LogP contribution in [0.15, 0.2) is 54.6 Å². The normalized spacial score (nSPS) is 14.6. The molecule has 35 heavy (non-hydrogen) atoms. The number of carboxylic acids is 1. The summed E-state index contributed by atoms with van der Waals surface area (Å²) in [5, 5.41) is 12.0. The van der Waals surface area contributed by atoms with E-state index in [1.54, 1.807) is 12.1 Å². The molecule has 3 aromatic rings. The van der Waals surface area contributed by atoms with Gasteiger partial charge in [-0.2, -0.15) is 0 Å². The highest BCUT2D eigenvalue weighted by molar-refractivity contribution is 6.06. The number of fused-ring (bicyclic) bond motifs is 1. The summed E-state index contributed by atoms with van der Waals surface area (Å²) in [6.07, 6.45) is -0.209. The maximum absolute atomic E-state index is 13.1. The Morgan fingerprint density at radius 2 is 1.77 bits per heavy atom. The van der Waals surface area contributed by atoms with Crippen molar-refractivity contribution >= 4 is 23.3 Å². The number of likely N-dealkylation sites (N-methyl/N-ethyl adjacent to an activating group) is 1. The van der Waals surface area contributed by atoms with Crippen LogP contribution in [0.25, 0.3) is 0 Å². The summed E-state index contributed by atoms with van der Waals surface area (Å²) >= 11 is 0. The van der Waals surface area contributed by atoms with Crippen LogP contribution < -0.4 is 19.7 Å². The van der Waals surface area contributed by atoms with Crippen LogP contribution in [0.1, 0.15) is 32.6 Å². The molecule has 4 rings (SSSR count). The summed E-state index contributed by atoms with van der Waals surface area (Å²) in [5.41, 5.74) is 5.33. The molecule has 1 aliphatic rings. The van der Waals surface area contributed by atoms with E-state index >= 15 is 0 Å². The van der Waals surface area contributed by atoms with E-state index in [9.17, 15) is 9.59 Å². The minimum Gasteiger partial charge on any atom is -0.490 e. The summed E-state index contributed by atoms with van der Waals surface area (Å²) in [4.78, 5) is 26.3. The number of hydrogen-bond acceptors (Lipinski definition) is 5. The van der Waals surface area contributed by atoms with Crippen molar-refractivity contribution in [2.45, 2.75) is 33.3 Å². The Bertz CT molecular complexity index is 1250. The van der Waals surface area contributed by atoms with Crippen LogP contribution in [-0.2, 0) is 11.2 Å². The summed E-state index contributed by atoms with van der Waals surface area (Å²) in [5.74, 6) is 0.372. The van der Waals surface area contributed by atoms with Crippen LogP contribution >= 0.6 is 0 Å². The van der Waals surface area contributed by atoms with Gasteiger partial charge in [0.2, 0.25) is 0 Å². The molecule has 7 heteroatoms. The molecule has 1 atom stereocenters. The highest BCUT2D eigenvalue weighted by atomic mass is 16.5. The summed E-state index contributed by atoms with van der Waals surface area (Å²) < 4.78 is 12.1. The molecule has 1 heterocycles. The van der Waals surface area contributed by atoms with Crippen LogP contribution in [-0.4, -0.2) is 43.3 Å². The molecule has 2 N–H and O–H groups in total. The lowest BCUT2D eigenvalue weighted by Gasteiger charge is -2.33. The molecule has 0 fully saturated rings. The molecule has 0 radical (unpaired) electrons. The molecule has 0 spiro atoms. The third-order valence-electron chi connectivity index (χ3n) is 6.12. The molecule has 7 nitrogen and oxygen atoms in total. The zero-order chi connectivity index (χ0) is 25.1. The first-order valence-corrected chi connectivity index (χ1v) is 11.5. The monoisotopic (exact) mass is 474 g/mol. The van der Waals surface area contributed by atoms with Crippen molar-refractivity contribution in [3.05, 3.63) is 82.4 Å². The minimum atomic E-state index is -0.914. The van der Waals surface area contributed by atoms with Crippen molar-refractivity contribution in [3.63, 3.8) is 0 Å². The first-order valence-electron chi connectivity index (χ1n) is 11.5. The predicted octanol–water partition coefficient (Wildman–Crippen LogP) is 4.77. The summed E-state index contributed by atoms with van der Waals surface area (Å²) in [7, 11) is 2.04. The van der Waals surface area contributed by atoms with Gasteiger partial charge in [0.25, 0.3) is 5.91 Å². The predicted molar refractivity (Wildman–Crippen MR) is 136 cm³/mol. The molecule has 0 saturated heterocycles. The summed E-state index contributed by atoms with van der Waals surface area (Å²) in [6, 6.07) is 16.9. The van der Waals surface area contributed by atoms with Crippen LogP contribution in [0.2, 0.25) is 0 Å². The van der Waals surface area contributed by atoms with Crippen LogP contribution in [0.3, 0.4) is 0 Å². The van der Waals surface area contributed by atoms with Gasteiger partial charge in [0.1, 0.15) is 24.2 Å². The Morgan fingerprint density at radius 1 is 1.06 bits per heavy atom. The number of carbonyl (C=O) groups is 2. The number of anilines is 2. The van der Waals surface area contributed by atoms with Crippen molar-refractivity contribution in [2.24, 2.45) is 0 Å². The van der Waals surface area contributed by atoms with Gasteiger partial charge >= 0.3 is 5.97 Å². The number of amides is 1. The Kier molecular flexibility index (Phi) is 6.96. The number of aliphatic carboxylic acids is 1. The number of aryl methyl sites for hydroxylation is 3. The molecular weight excluding hydrogens is 444 g/mol. The number of ether oxygens (including phenoxy) is 2. The maximum Gasteiger partial charge on any atom is 0.307 e. The smallest absolute Gasteiger partial charge is 0.307 e. The minimum absolute atomic E-state index is 0.0979. The van der Waals surface area contributed by atoms with Crippen LogP contribution in [0.4, 0.5) is 11.4 Å². The lowest BCUT2D eigenvalue weighted by atomic mass is 10.0. The molecule has 0 aromatic heterocycles. The Balaban J connectivity index is 1.44. The van der Waals surface area contributed by atoms with Gasteiger partial charge in [0, 0.05) is 18.3 Å². The van der Waals surface area contributed by atoms with Gasteiger partial charge in [-0.15, -0.1) is 0 Å². The molecular formula is C28H30N2O5. The van der Waals surface area contributed by atoms with Gasteiger partial charge in [-0.25, -0.2) is 0 Å². The van der Waals surface area contributed by atoms with Crippen molar-refractivity contribution in [2.75, 3.05) is 30.4 Å². The third-order valence-corrected chi connectivity index (χ3v) is 6.12. The van der Waals surface area contributed by atoms with Crippen molar-refractivity contribution in [1.82, 2.24) is 0 Å². The van der Waals surface area contributed by atoms with E-state index in [0.717, 1.165) is 34.7 Å². The quantitative estimate of drug-likeness (QED) is 0.513. The van der Waals surface area contributed by atoms with E-state index in [1.165, 1.54) is 0 Å². The molecule has 0 unspecified atom stereocenters. The number of nitrogens with one attached hydrogen (secondary N) is 1. The Labute approximate surface area is 205 Å². The number of benzene rings is 3. The van der Waals surface area contributed by atoms with E-state index in [2.05, 4.69) is 10.2 Å². The van der Waals surface area contributed by atoms with Crippen LogP contribution in [0, 0.1) is 20.8 Å². The lowest BCUT2D eigenvalue weighted by Crippen LogP contribution is -2.41. The van der Waals surface area contributed by atoms with Gasteiger partial charge in [-0.1, -0.05) is 24.3 Å². The SMILES string of the molecule is Cc1ccc(CC(=O)O)cc1NC(=O)c1c(C)cc(OC[C@@H]2CN(C)c3ccccc3O2)cc1C. The van der Waals surface area contributed by atoms with Crippen molar-refractivity contribution < 1.29 is 24.2 Å². The second-order valence-corrected chi connectivity index (χ2v) is 9.01. The zero-order valence-electron chi connectivity index (χ0n) is 20.4. The fraction of sp³-hybridized carbons (Fsp3) is 0.286. The fourth-order valence-electron chi connectivity index (χ4n) is 4.41. The van der Waals surface area contributed by atoms with Crippen LogP contribution in [0.5, 0.6) is 11.5 Å². The average Bonchev–Trinajstić information content (AvgIpc) is 2.79. The van der Waals surface area contributed by atoms with E-state index in [1.807, 2.05) is 70.3 Å². The highest BCUT2D eigenvalue weighted by Gasteiger charge is 2.24. The maximum atomic E-state index is 13.1. The number of rotatable bonds is 7. The van der Waals surface area contributed by atoms with Gasteiger partial charge in [-0.05, 0) is 73.4 Å². The Morgan fingerprint density at radius 3 is 2.49 bits per heavy atom. The van der Waals surface area contributed by atoms with Crippen molar-refractivity contribution in [3.8, 4) is 11.5 Å². The number of carboxylic acid groups (broad SMARTS) is 1. The number of hydrogen-bond donors (Lipinski definition) is 2. The summed E-state index contributed by atoms with van der Waals surface area (Å²) in [6.45, 7) is 6.74. The zero-order valence-corrected chi connectivity index (χ0v) is 20.4. The largest absolute Gasteiger partial charge is 0.490 e. The average molecular weight is 475 g/mol.